The van der Waals surface area contributed by atoms with Crippen molar-refractivity contribution in [3.8, 4) is 5.75 Å². The number of hydrogen-bond donors (Lipinski definition) is 0. The first-order valence-corrected chi connectivity index (χ1v) is 5.67. The second-order valence-electron chi connectivity index (χ2n) is 4.45. The van der Waals surface area contributed by atoms with E-state index in [0.29, 0.717) is 12.0 Å². The van der Waals surface area contributed by atoms with E-state index in [9.17, 15) is 18.0 Å². The number of ether oxygens (including phenoxy) is 1. The summed E-state index contributed by atoms with van der Waals surface area (Å²) in [6.45, 7) is 6.77. The van der Waals surface area contributed by atoms with Crippen molar-refractivity contribution in [1.82, 2.24) is 0 Å². The lowest BCUT2D eigenvalue weighted by Crippen LogP contribution is -2.29. The summed E-state index contributed by atoms with van der Waals surface area (Å²) in [6, 6.07) is 5.33. The number of Topliss-reactive ketones (excluding diaryl/α,β-unsaturated/α-hetero) is 1. The molecular formula is C14H15F3O2. The van der Waals surface area contributed by atoms with E-state index < -0.39 is 11.8 Å². The fourth-order valence-corrected chi connectivity index (χ4v) is 1.78. The lowest BCUT2D eigenvalue weighted by Gasteiger charge is -2.26. The van der Waals surface area contributed by atoms with Crippen molar-refractivity contribution in [2.75, 3.05) is 0 Å². The van der Waals surface area contributed by atoms with Crippen molar-refractivity contribution in [3.05, 3.63) is 42.5 Å². The monoisotopic (exact) mass is 272 g/mol. The van der Waals surface area contributed by atoms with Crippen molar-refractivity contribution >= 4 is 5.78 Å². The summed E-state index contributed by atoms with van der Waals surface area (Å²) in [5, 5.41) is 0. The maximum Gasteiger partial charge on any atom is 0.573 e. The van der Waals surface area contributed by atoms with Crippen LogP contribution in [0.15, 0.2) is 36.9 Å². The molecule has 0 saturated carbocycles. The van der Waals surface area contributed by atoms with Crippen LogP contribution in [-0.4, -0.2) is 12.1 Å². The first-order chi connectivity index (χ1) is 8.69. The Morgan fingerprint density at radius 2 is 1.84 bits per heavy atom. The number of hydrogen-bond acceptors (Lipinski definition) is 2. The number of halogens is 3. The van der Waals surface area contributed by atoms with E-state index >= 15 is 0 Å². The molecule has 5 heteroatoms. The van der Waals surface area contributed by atoms with Gasteiger partial charge < -0.3 is 4.74 Å². The number of ketones is 1. The Labute approximate surface area is 109 Å². The van der Waals surface area contributed by atoms with Gasteiger partial charge in [-0.2, -0.15) is 0 Å². The molecule has 1 aromatic rings. The summed E-state index contributed by atoms with van der Waals surface area (Å²) >= 11 is 0. The molecule has 0 bridgehead atoms. The average Bonchev–Trinajstić information content (AvgIpc) is 2.27. The third-order valence-corrected chi connectivity index (χ3v) is 3.05. The minimum absolute atomic E-state index is 0.0723. The zero-order chi connectivity index (χ0) is 14.7. The molecule has 0 aliphatic rings. The summed E-state index contributed by atoms with van der Waals surface area (Å²) in [5.74, 6) is -0.377. The Balaban J connectivity index is 3.03. The van der Waals surface area contributed by atoms with E-state index in [1.54, 1.807) is 13.0 Å². The normalized spacial score (nSPS) is 14.6. The third kappa shape index (κ3) is 3.84. The van der Waals surface area contributed by atoms with Gasteiger partial charge in [0.2, 0.25) is 0 Å². The summed E-state index contributed by atoms with van der Waals surface area (Å²) < 4.78 is 39.9. The molecule has 0 amide bonds. The van der Waals surface area contributed by atoms with Crippen LogP contribution in [0.25, 0.3) is 0 Å². The molecule has 1 atom stereocenters. The molecule has 0 heterocycles. The van der Waals surface area contributed by atoms with E-state index in [-0.39, 0.29) is 11.5 Å². The van der Waals surface area contributed by atoms with E-state index in [1.165, 1.54) is 31.2 Å². The topological polar surface area (TPSA) is 26.3 Å². The second-order valence-corrected chi connectivity index (χ2v) is 4.45. The summed E-state index contributed by atoms with van der Waals surface area (Å²) in [6.07, 6.45) is -2.68. The molecule has 0 saturated heterocycles. The van der Waals surface area contributed by atoms with Crippen molar-refractivity contribution in [3.63, 3.8) is 0 Å². The fraction of sp³-hybridized carbons (Fsp3) is 0.357. The van der Waals surface area contributed by atoms with Crippen molar-refractivity contribution in [1.29, 1.82) is 0 Å². The van der Waals surface area contributed by atoms with Gasteiger partial charge in [-0.25, -0.2) is 0 Å². The largest absolute Gasteiger partial charge is 0.573 e. The highest BCUT2D eigenvalue weighted by Crippen LogP contribution is 2.31. The van der Waals surface area contributed by atoms with Crippen LogP contribution < -0.4 is 4.74 Å². The quantitative estimate of drug-likeness (QED) is 0.757. The first kappa shape index (κ1) is 15.3. The number of allylic oxidation sites excluding steroid dienone is 1. The first-order valence-electron chi connectivity index (χ1n) is 5.67. The Bertz CT molecular complexity index is 463. The Morgan fingerprint density at radius 3 is 2.21 bits per heavy atom. The molecule has 1 rings (SSSR count). The standard InChI is InChI=1S/C14H15F3O2/c1-4-9-13(3,10(2)18)11-5-7-12(8-6-11)19-14(15,16)17/h4-8H,1,9H2,2-3H3. The molecule has 19 heavy (non-hydrogen) atoms. The summed E-state index contributed by atoms with van der Waals surface area (Å²) in [7, 11) is 0. The fourth-order valence-electron chi connectivity index (χ4n) is 1.78. The molecule has 0 N–H and O–H groups in total. The van der Waals surface area contributed by atoms with Crippen molar-refractivity contribution in [2.24, 2.45) is 0 Å². The molecule has 1 unspecified atom stereocenters. The molecule has 0 aromatic heterocycles. The van der Waals surface area contributed by atoms with Gasteiger partial charge in [-0.1, -0.05) is 18.2 Å². The lowest BCUT2D eigenvalue weighted by molar-refractivity contribution is -0.274. The molecular weight excluding hydrogens is 257 g/mol. The summed E-state index contributed by atoms with van der Waals surface area (Å²) in [4.78, 5) is 11.7. The minimum Gasteiger partial charge on any atom is -0.406 e. The van der Waals surface area contributed by atoms with Gasteiger partial charge in [0, 0.05) is 0 Å². The van der Waals surface area contributed by atoms with Crippen LogP contribution in [0.5, 0.6) is 5.75 Å². The van der Waals surface area contributed by atoms with Crippen molar-refractivity contribution < 1.29 is 22.7 Å². The number of benzene rings is 1. The Kier molecular flexibility index (Phi) is 4.39. The highest BCUT2D eigenvalue weighted by molar-refractivity contribution is 5.87. The predicted octanol–water partition coefficient (Wildman–Crippen LogP) is 4.01. The van der Waals surface area contributed by atoms with E-state index in [0.717, 1.165) is 0 Å². The van der Waals surface area contributed by atoms with Crippen LogP contribution >= 0.6 is 0 Å². The number of alkyl halides is 3. The predicted molar refractivity (Wildman–Crippen MR) is 66.0 cm³/mol. The van der Waals surface area contributed by atoms with Gasteiger partial charge in [0.05, 0.1) is 5.41 Å². The second kappa shape index (κ2) is 5.47. The van der Waals surface area contributed by atoms with Crippen LogP contribution in [0.3, 0.4) is 0 Å². The summed E-state index contributed by atoms with van der Waals surface area (Å²) in [5.41, 5.74) is -0.146. The van der Waals surface area contributed by atoms with Crippen molar-refractivity contribution in [2.45, 2.75) is 32.0 Å². The van der Waals surface area contributed by atoms with Crippen LogP contribution in [0, 0.1) is 0 Å². The van der Waals surface area contributed by atoms with Gasteiger partial charge in [-0.15, -0.1) is 19.8 Å². The van der Waals surface area contributed by atoms with Gasteiger partial charge in [0.15, 0.2) is 0 Å². The molecule has 0 fully saturated rings. The maximum absolute atomic E-state index is 12.0. The molecule has 104 valence electrons. The number of rotatable bonds is 5. The number of carbonyl (C=O) groups is 1. The maximum atomic E-state index is 12.0. The van der Waals surface area contributed by atoms with Crippen LogP contribution in [-0.2, 0) is 10.2 Å². The van der Waals surface area contributed by atoms with E-state index in [4.69, 9.17) is 0 Å². The highest BCUT2D eigenvalue weighted by Gasteiger charge is 2.33. The molecule has 0 radical (unpaired) electrons. The zero-order valence-corrected chi connectivity index (χ0v) is 10.8. The zero-order valence-electron chi connectivity index (χ0n) is 10.8. The molecule has 0 aliphatic heterocycles. The average molecular weight is 272 g/mol. The SMILES string of the molecule is C=CCC(C)(C(C)=O)c1ccc(OC(F)(F)F)cc1. The van der Waals surface area contributed by atoms with Gasteiger partial charge in [-0.05, 0) is 38.0 Å². The van der Waals surface area contributed by atoms with Gasteiger partial charge in [0.1, 0.15) is 11.5 Å². The van der Waals surface area contributed by atoms with Gasteiger partial charge in [-0.3, -0.25) is 4.79 Å². The third-order valence-electron chi connectivity index (χ3n) is 3.05. The van der Waals surface area contributed by atoms with E-state index in [2.05, 4.69) is 11.3 Å². The van der Waals surface area contributed by atoms with E-state index in [1.807, 2.05) is 0 Å². The minimum atomic E-state index is -4.72. The highest BCUT2D eigenvalue weighted by atomic mass is 19.4. The Hall–Kier alpha value is -1.78. The van der Waals surface area contributed by atoms with Crippen LogP contribution in [0.1, 0.15) is 25.8 Å². The Morgan fingerprint density at radius 1 is 1.32 bits per heavy atom. The van der Waals surface area contributed by atoms with Crippen LogP contribution in [0.4, 0.5) is 13.2 Å². The molecule has 1 aromatic carbocycles. The lowest BCUT2D eigenvalue weighted by atomic mass is 9.76. The molecule has 2 nitrogen and oxygen atoms in total. The van der Waals surface area contributed by atoms with Crippen LogP contribution in [0.2, 0.25) is 0 Å². The smallest absolute Gasteiger partial charge is 0.406 e. The number of carbonyl (C=O) groups excluding carboxylic acids is 1. The molecule has 0 spiro atoms. The van der Waals surface area contributed by atoms with Gasteiger partial charge >= 0.3 is 6.36 Å². The van der Waals surface area contributed by atoms with Gasteiger partial charge in [0.25, 0.3) is 0 Å². The molecule has 0 aliphatic carbocycles.